The van der Waals surface area contributed by atoms with Crippen LogP contribution >= 0.6 is 0 Å². The second kappa shape index (κ2) is 8.50. The highest BCUT2D eigenvalue weighted by Crippen LogP contribution is 2.28. The molecule has 1 aliphatic heterocycles. The molecule has 1 aliphatic carbocycles. The van der Waals surface area contributed by atoms with Crippen LogP contribution in [0, 0.1) is 11.8 Å². The summed E-state index contributed by atoms with van der Waals surface area (Å²) < 4.78 is 5.22. The highest BCUT2D eigenvalue weighted by Gasteiger charge is 2.30. The van der Waals surface area contributed by atoms with Gasteiger partial charge in [-0.2, -0.15) is 0 Å². The lowest BCUT2D eigenvalue weighted by molar-refractivity contribution is -0.133. The first-order valence-electron chi connectivity index (χ1n) is 9.63. The molecule has 4 heteroatoms. The van der Waals surface area contributed by atoms with Crippen LogP contribution in [0.5, 0.6) is 5.75 Å². The van der Waals surface area contributed by atoms with Gasteiger partial charge in [-0.3, -0.25) is 9.59 Å². The Bertz CT molecular complexity index is 607. The molecule has 0 unspecified atom stereocenters. The predicted molar refractivity (Wildman–Crippen MR) is 97.8 cm³/mol. The Morgan fingerprint density at radius 2 is 1.92 bits per heavy atom. The molecule has 1 amide bonds. The number of ether oxygens (including phenoxy) is 1. The zero-order valence-electron chi connectivity index (χ0n) is 15.2. The van der Waals surface area contributed by atoms with Gasteiger partial charge in [0.1, 0.15) is 5.75 Å². The van der Waals surface area contributed by atoms with Crippen molar-refractivity contribution in [2.75, 3.05) is 20.2 Å². The van der Waals surface area contributed by atoms with Crippen LogP contribution in [0.2, 0.25) is 0 Å². The van der Waals surface area contributed by atoms with Gasteiger partial charge in [-0.25, -0.2) is 0 Å². The number of methoxy groups -OCH3 is 1. The molecule has 1 saturated carbocycles. The van der Waals surface area contributed by atoms with Crippen molar-refractivity contribution in [1.82, 2.24) is 4.90 Å². The van der Waals surface area contributed by atoms with Crippen molar-refractivity contribution >= 4 is 11.7 Å². The molecule has 0 radical (unpaired) electrons. The van der Waals surface area contributed by atoms with E-state index in [9.17, 15) is 9.59 Å². The quantitative estimate of drug-likeness (QED) is 0.757. The number of piperidine rings is 1. The lowest BCUT2D eigenvalue weighted by Crippen LogP contribution is -2.43. The number of rotatable bonds is 5. The van der Waals surface area contributed by atoms with Gasteiger partial charge in [0.15, 0.2) is 5.78 Å². The summed E-state index contributed by atoms with van der Waals surface area (Å²) in [4.78, 5) is 27.4. The molecular weight excluding hydrogens is 314 g/mol. The summed E-state index contributed by atoms with van der Waals surface area (Å²) in [5.41, 5.74) is 0.686. The molecule has 1 aromatic rings. The highest BCUT2D eigenvalue weighted by molar-refractivity contribution is 5.98. The molecular formula is C21H29NO3. The maximum absolute atomic E-state index is 12.8. The van der Waals surface area contributed by atoms with Crippen molar-refractivity contribution in [1.29, 1.82) is 0 Å². The maximum atomic E-state index is 12.8. The van der Waals surface area contributed by atoms with E-state index in [1.807, 2.05) is 23.1 Å². The van der Waals surface area contributed by atoms with Gasteiger partial charge in [0.25, 0.3) is 0 Å². The van der Waals surface area contributed by atoms with E-state index in [4.69, 9.17) is 4.74 Å². The molecule has 2 fully saturated rings. The average Bonchev–Trinajstić information content (AvgIpc) is 2.68. The van der Waals surface area contributed by atoms with E-state index in [2.05, 4.69) is 0 Å². The summed E-state index contributed by atoms with van der Waals surface area (Å²) in [6.07, 6.45) is 8.65. The minimum Gasteiger partial charge on any atom is -0.497 e. The summed E-state index contributed by atoms with van der Waals surface area (Å²) in [6.45, 7) is 1.37. The molecule has 0 bridgehead atoms. The number of likely N-dealkylation sites (tertiary alicyclic amines) is 1. The number of nitrogens with zero attached hydrogens (tertiary/aromatic N) is 1. The number of amides is 1. The van der Waals surface area contributed by atoms with Gasteiger partial charge in [-0.05, 0) is 43.7 Å². The Hall–Kier alpha value is -1.84. The van der Waals surface area contributed by atoms with E-state index < -0.39 is 0 Å². The van der Waals surface area contributed by atoms with Crippen LogP contribution in [0.15, 0.2) is 24.3 Å². The van der Waals surface area contributed by atoms with Crippen molar-refractivity contribution in [3.05, 3.63) is 29.8 Å². The zero-order valence-corrected chi connectivity index (χ0v) is 15.2. The van der Waals surface area contributed by atoms with Gasteiger partial charge >= 0.3 is 0 Å². The van der Waals surface area contributed by atoms with Crippen molar-refractivity contribution < 1.29 is 14.3 Å². The predicted octanol–water partition coefficient (Wildman–Crippen LogP) is 4.09. The first kappa shape index (κ1) is 18.0. The molecule has 0 aromatic heterocycles. The van der Waals surface area contributed by atoms with Gasteiger partial charge < -0.3 is 9.64 Å². The number of ketones is 1. The smallest absolute Gasteiger partial charge is 0.222 e. The number of carbonyl (C=O) groups is 2. The summed E-state index contributed by atoms with van der Waals surface area (Å²) in [6, 6.07) is 7.33. The van der Waals surface area contributed by atoms with Gasteiger partial charge in [0, 0.05) is 31.0 Å². The van der Waals surface area contributed by atoms with E-state index in [0.717, 1.165) is 19.4 Å². The Morgan fingerprint density at radius 3 is 2.68 bits per heavy atom. The fourth-order valence-electron chi connectivity index (χ4n) is 4.20. The molecule has 0 spiro atoms. The van der Waals surface area contributed by atoms with Crippen LogP contribution in [-0.4, -0.2) is 36.8 Å². The summed E-state index contributed by atoms with van der Waals surface area (Å²) in [5.74, 6) is 1.54. The first-order chi connectivity index (χ1) is 12.2. The number of hydrogen-bond donors (Lipinski definition) is 0. The monoisotopic (exact) mass is 343 g/mol. The number of carbonyl (C=O) groups excluding carboxylic acids is 2. The van der Waals surface area contributed by atoms with Crippen molar-refractivity contribution in [2.24, 2.45) is 11.8 Å². The lowest BCUT2D eigenvalue weighted by atomic mass is 9.85. The van der Waals surface area contributed by atoms with Crippen molar-refractivity contribution in [3.63, 3.8) is 0 Å². The summed E-state index contributed by atoms with van der Waals surface area (Å²) >= 11 is 0. The largest absolute Gasteiger partial charge is 0.497 e. The van der Waals surface area contributed by atoms with Crippen LogP contribution in [0.3, 0.4) is 0 Å². The minimum atomic E-state index is -0.0869. The van der Waals surface area contributed by atoms with Crippen LogP contribution < -0.4 is 4.74 Å². The molecule has 1 heterocycles. The Labute approximate surface area is 150 Å². The molecule has 1 aromatic carbocycles. The summed E-state index contributed by atoms with van der Waals surface area (Å²) in [5, 5.41) is 0. The zero-order chi connectivity index (χ0) is 17.6. The Kier molecular flexibility index (Phi) is 6.11. The second-order valence-corrected chi connectivity index (χ2v) is 7.48. The fourth-order valence-corrected chi connectivity index (χ4v) is 4.20. The van der Waals surface area contributed by atoms with Crippen LogP contribution in [-0.2, 0) is 4.79 Å². The lowest BCUT2D eigenvalue weighted by Gasteiger charge is -2.33. The second-order valence-electron chi connectivity index (χ2n) is 7.48. The third-order valence-corrected chi connectivity index (χ3v) is 5.69. The highest BCUT2D eigenvalue weighted by atomic mass is 16.5. The van der Waals surface area contributed by atoms with Crippen molar-refractivity contribution in [3.8, 4) is 5.75 Å². The van der Waals surface area contributed by atoms with Crippen LogP contribution in [0.1, 0.15) is 61.7 Å². The topological polar surface area (TPSA) is 46.6 Å². The van der Waals surface area contributed by atoms with Gasteiger partial charge in [-0.15, -0.1) is 0 Å². The number of Topliss-reactive ketones (excluding diaryl/α,β-unsaturated/α-hetero) is 1. The fraction of sp³-hybridized carbons (Fsp3) is 0.619. The molecule has 1 atom stereocenters. The molecule has 1 saturated heterocycles. The third kappa shape index (κ3) is 4.62. The van der Waals surface area contributed by atoms with E-state index in [1.54, 1.807) is 13.2 Å². The van der Waals surface area contributed by atoms with E-state index >= 15 is 0 Å². The van der Waals surface area contributed by atoms with Crippen molar-refractivity contribution in [2.45, 2.75) is 51.4 Å². The average molecular weight is 343 g/mol. The Morgan fingerprint density at radius 1 is 1.12 bits per heavy atom. The minimum absolute atomic E-state index is 0.0869. The molecule has 2 aliphatic rings. The molecule has 25 heavy (non-hydrogen) atoms. The molecule has 3 rings (SSSR count). The van der Waals surface area contributed by atoms with Crippen LogP contribution in [0.25, 0.3) is 0 Å². The Balaban J connectivity index is 1.59. The first-order valence-corrected chi connectivity index (χ1v) is 9.63. The number of benzene rings is 1. The van der Waals surface area contributed by atoms with Gasteiger partial charge in [0.2, 0.25) is 5.91 Å². The van der Waals surface area contributed by atoms with E-state index in [0.29, 0.717) is 30.2 Å². The standard InChI is InChI=1S/C21H29NO3/c1-25-19-11-5-9-17(14-19)21(24)18-10-6-12-22(15-18)20(23)13-16-7-3-2-4-8-16/h5,9,11,14,16,18H,2-4,6-8,10,12-13,15H2,1H3/t18-/m1/s1. The SMILES string of the molecule is COc1cccc(C(=O)[C@@H]2CCCN(C(=O)CC3CCCCC3)C2)c1. The third-order valence-electron chi connectivity index (χ3n) is 5.69. The molecule has 0 N–H and O–H groups in total. The van der Waals surface area contributed by atoms with Gasteiger partial charge in [-0.1, -0.05) is 31.4 Å². The summed E-state index contributed by atoms with van der Waals surface area (Å²) in [7, 11) is 1.61. The molecule has 4 nitrogen and oxygen atoms in total. The molecule has 136 valence electrons. The normalized spacial score (nSPS) is 21.8. The van der Waals surface area contributed by atoms with E-state index in [1.165, 1.54) is 32.1 Å². The van der Waals surface area contributed by atoms with Gasteiger partial charge in [0.05, 0.1) is 7.11 Å². The van der Waals surface area contributed by atoms with E-state index in [-0.39, 0.29) is 17.6 Å². The number of hydrogen-bond acceptors (Lipinski definition) is 3. The maximum Gasteiger partial charge on any atom is 0.222 e. The van der Waals surface area contributed by atoms with Crippen LogP contribution in [0.4, 0.5) is 0 Å².